The molecule has 4 rings (SSSR count). The first-order chi connectivity index (χ1) is 17.0. The van der Waals surface area contributed by atoms with Gasteiger partial charge in [0.2, 0.25) is 0 Å². The van der Waals surface area contributed by atoms with E-state index in [0.717, 1.165) is 12.1 Å². The first-order valence-electron chi connectivity index (χ1n) is 10.8. The summed E-state index contributed by atoms with van der Waals surface area (Å²) in [4.78, 5) is 16.5. The van der Waals surface area contributed by atoms with E-state index in [9.17, 15) is 22.4 Å². The van der Waals surface area contributed by atoms with Crippen LogP contribution in [0.4, 0.5) is 22.4 Å². The molecule has 2 heterocycles. The zero-order valence-corrected chi connectivity index (χ0v) is 19.6. The van der Waals surface area contributed by atoms with Crippen molar-refractivity contribution >= 4 is 17.1 Å². The number of ether oxygens (including phenoxy) is 6. The number of alkyl halides is 4. The number of pyridine rings is 1. The molecule has 3 aromatic rings. The minimum absolute atomic E-state index is 0.0380. The first-order valence-corrected chi connectivity index (χ1v) is 10.8. The van der Waals surface area contributed by atoms with Gasteiger partial charge in [0.15, 0.2) is 23.0 Å². The van der Waals surface area contributed by atoms with E-state index in [2.05, 4.69) is 19.2 Å². The summed E-state index contributed by atoms with van der Waals surface area (Å²) < 4.78 is 83.9. The van der Waals surface area contributed by atoms with Gasteiger partial charge >= 0.3 is 18.4 Å². The van der Waals surface area contributed by atoms with Gasteiger partial charge in [0.05, 0.1) is 19.2 Å². The number of rotatable bonds is 6. The van der Waals surface area contributed by atoms with E-state index in [4.69, 9.17) is 14.2 Å². The molecule has 2 aromatic carbocycles. The van der Waals surface area contributed by atoms with Crippen LogP contribution in [0.5, 0.6) is 34.5 Å². The normalized spacial score (nSPS) is 15.3. The van der Waals surface area contributed by atoms with Gasteiger partial charge < -0.3 is 28.4 Å². The van der Waals surface area contributed by atoms with Gasteiger partial charge in [-0.1, -0.05) is 6.92 Å². The smallest absolute Gasteiger partial charge is 0.490 e. The second-order valence-electron chi connectivity index (χ2n) is 7.62. The number of carbonyl (C=O) groups is 1. The molecular weight excluding hydrogens is 490 g/mol. The maximum Gasteiger partial charge on any atom is 0.513 e. The Kier molecular flexibility index (Phi) is 6.46. The van der Waals surface area contributed by atoms with Gasteiger partial charge in [-0.05, 0) is 38.5 Å². The third kappa shape index (κ3) is 4.50. The van der Waals surface area contributed by atoms with Gasteiger partial charge in [0.25, 0.3) is 0 Å². The van der Waals surface area contributed by atoms with Gasteiger partial charge in [-0.15, -0.1) is 0 Å². The van der Waals surface area contributed by atoms with Crippen LogP contribution in [0.1, 0.15) is 25.1 Å². The quantitative estimate of drug-likeness (QED) is 0.278. The molecule has 0 atom stereocenters. The standard InChI is InChI=1S/C24H21F4NO7/c1-5-15-12(3)21(34-22(30)31-4)14-10-19(18(32-6-2)11-16(14)29-15)33-13-7-8-17-20(9-13)36-24(27,28)23(25,26)35-17/h7-11H,5-6H2,1-4H3. The second kappa shape index (κ2) is 9.25. The Bertz CT molecular complexity index is 1330. The monoisotopic (exact) mass is 511 g/mol. The average molecular weight is 511 g/mol. The van der Waals surface area contributed by atoms with Crippen molar-refractivity contribution < 1.29 is 50.8 Å². The van der Waals surface area contributed by atoms with E-state index < -0.39 is 29.9 Å². The Morgan fingerprint density at radius 3 is 2.33 bits per heavy atom. The fourth-order valence-corrected chi connectivity index (χ4v) is 3.57. The number of aryl methyl sites for hydroxylation is 1. The molecule has 8 nitrogen and oxygen atoms in total. The molecule has 0 saturated heterocycles. The number of fused-ring (bicyclic) bond motifs is 2. The predicted molar refractivity (Wildman–Crippen MR) is 118 cm³/mol. The van der Waals surface area contributed by atoms with Gasteiger partial charge in [-0.25, -0.2) is 4.79 Å². The molecule has 0 fully saturated rings. The number of nitrogens with zero attached hydrogens (tertiary/aromatic N) is 1. The number of hydrogen-bond acceptors (Lipinski definition) is 8. The van der Waals surface area contributed by atoms with Gasteiger partial charge in [-0.3, -0.25) is 4.98 Å². The van der Waals surface area contributed by atoms with Crippen molar-refractivity contribution in [3.8, 4) is 34.5 Å². The summed E-state index contributed by atoms with van der Waals surface area (Å²) in [6.07, 6.45) is -10.1. The van der Waals surface area contributed by atoms with Crippen molar-refractivity contribution in [3.63, 3.8) is 0 Å². The first kappa shape index (κ1) is 25.1. The lowest BCUT2D eigenvalue weighted by Gasteiger charge is -2.31. The molecule has 0 N–H and O–H groups in total. The molecule has 36 heavy (non-hydrogen) atoms. The minimum atomic E-state index is -4.88. The van der Waals surface area contributed by atoms with Crippen LogP contribution in [0.2, 0.25) is 0 Å². The molecule has 12 heteroatoms. The Hall–Kier alpha value is -3.96. The third-order valence-corrected chi connectivity index (χ3v) is 5.28. The van der Waals surface area contributed by atoms with Gasteiger partial charge in [0, 0.05) is 28.8 Å². The Labute approximate surface area is 202 Å². The average Bonchev–Trinajstić information content (AvgIpc) is 2.82. The molecule has 0 amide bonds. The van der Waals surface area contributed by atoms with Crippen LogP contribution in [0, 0.1) is 6.92 Å². The largest absolute Gasteiger partial charge is 0.513 e. The van der Waals surface area contributed by atoms with Crippen molar-refractivity contribution in [2.45, 2.75) is 39.4 Å². The molecule has 0 aliphatic carbocycles. The van der Waals surface area contributed by atoms with E-state index in [0.29, 0.717) is 28.6 Å². The fraction of sp³-hybridized carbons (Fsp3) is 0.333. The lowest BCUT2D eigenvalue weighted by atomic mass is 10.1. The van der Waals surface area contributed by atoms with E-state index in [1.807, 2.05) is 6.92 Å². The molecule has 1 aromatic heterocycles. The Morgan fingerprint density at radius 2 is 1.69 bits per heavy atom. The van der Waals surface area contributed by atoms with Crippen molar-refractivity contribution in [1.29, 1.82) is 0 Å². The predicted octanol–water partition coefficient (Wildman–Crippen LogP) is 6.40. The topological polar surface area (TPSA) is 85.3 Å². The summed E-state index contributed by atoms with van der Waals surface area (Å²) in [5.41, 5.74) is 1.73. The molecule has 0 saturated carbocycles. The van der Waals surface area contributed by atoms with Crippen molar-refractivity contribution in [2.75, 3.05) is 13.7 Å². The minimum Gasteiger partial charge on any atom is -0.490 e. The van der Waals surface area contributed by atoms with Gasteiger partial charge in [0.1, 0.15) is 11.5 Å². The molecular formula is C24H21F4NO7. The summed E-state index contributed by atoms with van der Waals surface area (Å²) in [6, 6.07) is 6.30. The van der Waals surface area contributed by atoms with Crippen LogP contribution < -0.4 is 23.7 Å². The molecule has 1 aliphatic rings. The molecule has 0 radical (unpaired) electrons. The van der Waals surface area contributed by atoms with E-state index >= 15 is 0 Å². The summed E-state index contributed by atoms with van der Waals surface area (Å²) in [5.74, 6) is -0.702. The lowest BCUT2D eigenvalue weighted by Crippen LogP contribution is -2.52. The fourth-order valence-electron chi connectivity index (χ4n) is 3.57. The third-order valence-electron chi connectivity index (χ3n) is 5.28. The van der Waals surface area contributed by atoms with Crippen LogP contribution in [-0.4, -0.2) is 37.1 Å². The number of hydrogen-bond donors (Lipinski definition) is 0. The van der Waals surface area contributed by atoms with Crippen LogP contribution in [0.3, 0.4) is 0 Å². The van der Waals surface area contributed by atoms with Crippen LogP contribution in [-0.2, 0) is 11.2 Å². The SMILES string of the molecule is CCOc1cc2nc(CC)c(C)c(OC(=O)OC)c2cc1Oc1ccc2c(c1)OC(F)(F)C(F)(F)O2. The van der Waals surface area contributed by atoms with Crippen molar-refractivity contribution in [1.82, 2.24) is 4.98 Å². The highest BCUT2D eigenvalue weighted by Gasteiger charge is 2.66. The van der Waals surface area contributed by atoms with Crippen molar-refractivity contribution in [2.24, 2.45) is 0 Å². The van der Waals surface area contributed by atoms with Crippen LogP contribution in [0.25, 0.3) is 10.9 Å². The number of methoxy groups -OCH3 is 1. The number of aromatic nitrogens is 1. The summed E-state index contributed by atoms with van der Waals surface area (Å²) in [6.45, 7) is 5.62. The highest BCUT2D eigenvalue weighted by atomic mass is 19.3. The van der Waals surface area contributed by atoms with Crippen LogP contribution in [0.15, 0.2) is 30.3 Å². The zero-order chi connectivity index (χ0) is 26.3. The lowest BCUT2D eigenvalue weighted by molar-refractivity contribution is -0.391. The Morgan fingerprint density at radius 1 is 1.00 bits per heavy atom. The molecule has 192 valence electrons. The summed E-state index contributed by atoms with van der Waals surface area (Å²) >= 11 is 0. The molecule has 0 spiro atoms. The van der Waals surface area contributed by atoms with E-state index in [1.165, 1.54) is 19.2 Å². The molecule has 1 aliphatic heterocycles. The number of halogens is 4. The summed E-state index contributed by atoms with van der Waals surface area (Å²) in [7, 11) is 1.17. The van der Waals surface area contributed by atoms with E-state index in [1.54, 1.807) is 19.9 Å². The number of carbonyl (C=O) groups excluding carboxylic acids is 1. The van der Waals surface area contributed by atoms with Crippen LogP contribution >= 0.6 is 0 Å². The summed E-state index contributed by atoms with van der Waals surface area (Å²) in [5, 5.41) is 0.386. The highest BCUT2D eigenvalue weighted by Crippen LogP contribution is 2.49. The van der Waals surface area contributed by atoms with E-state index in [-0.39, 0.29) is 29.6 Å². The second-order valence-corrected chi connectivity index (χ2v) is 7.62. The molecule has 0 unspecified atom stereocenters. The maximum absolute atomic E-state index is 13.6. The van der Waals surface area contributed by atoms with Gasteiger partial charge in [-0.2, -0.15) is 17.6 Å². The maximum atomic E-state index is 13.6. The number of benzene rings is 2. The van der Waals surface area contributed by atoms with Crippen molar-refractivity contribution in [3.05, 3.63) is 41.6 Å². The zero-order valence-electron chi connectivity index (χ0n) is 19.6. The molecule has 0 bridgehead atoms. The highest BCUT2D eigenvalue weighted by molar-refractivity contribution is 5.91. The Balaban J connectivity index is 1.80.